The molecule has 1 N–H and O–H groups in total. The van der Waals surface area contributed by atoms with Crippen LogP contribution in [0.1, 0.15) is 28.2 Å². The van der Waals surface area contributed by atoms with Crippen LogP contribution < -0.4 is 0 Å². The first-order valence-corrected chi connectivity index (χ1v) is 5.84. The number of carbonyl (C=O) groups is 1. The summed E-state index contributed by atoms with van der Waals surface area (Å²) in [4.78, 5) is 19.0. The Balaban J connectivity index is 1.85. The third-order valence-corrected chi connectivity index (χ3v) is 2.69. The van der Waals surface area contributed by atoms with Gasteiger partial charge in [0.15, 0.2) is 0 Å². The molecule has 0 saturated carbocycles. The van der Waals surface area contributed by atoms with Crippen LogP contribution in [0, 0.1) is 0 Å². The van der Waals surface area contributed by atoms with Gasteiger partial charge in [0.25, 0.3) is 0 Å². The monoisotopic (exact) mass is 242 g/mol. The normalized spacial score (nSPS) is 10.2. The van der Waals surface area contributed by atoms with Gasteiger partial charge < -0.3 is 5.11 Å². The van der Waals surface area contributed by atoms with Crippen LogP contribution in [0.3, 0.4) is 0 Å². The molecule has 0 saturated heterocycles. The van der Waals surface area contributed by atoms with Gasteiger partial charge in [-0.05, 0) is 36.6 Å². The number of benzene rings is 1. The van der Waals surface area contributed by atoms with E-state index in [4.69, 9.17) is 5.11 Å². The van der Waals surface area contributed by atoms with Gasteiger partial charge in [-0.15, -0.1) is 0 Å². The summed E-state index contributed by atoms with van der Waals surface area (Å²) in [5, 5.41) is 8.78. The number of hydrogen-bond donors (Lipinski definition) is 1. The lowest BCUT2D eigenvalue weighted by Crippen LogP contribution is -1.97. The highest BCUT2D eigenvalue weighted by molar-refractivity contribution is 5.87. The van der Waals surface area contributed by atoms with Crippen LogP contribution in [-0.2, 0) is 12.8 Å². The fourth-order valence-electron chi connectivity index (χ4n) is 1.72. The van der Waals surface area contributed by atoms with E-state index in [1.807, 2.05) is 12.1 Å². The van der Waals surface area contributed by atoms with Crippen molar-refractivity contribution in [3.63, 3.8) is 0 Å². The molecule has 2 aromatic rings. The van der Waals surface area contributed by atoms with Crippen molar-refractivity contribution in [2.24, 2.45) is 0 Å². The summed E-state index contributed by atoms with van der Waals surface area (Å²) in [5.41, 5.74) is 1.46. The van der Waals surface area contributed by atoms with Crippen molar-refractivity contribution in [2.75, 3.05) is 0 Å². The Morgan fingerprint density at radius 3 is 2.33 bits per heavy atom. The summed E-state index contributed by atoms with van der Waals surface area (Å²) >= 11 is 0. The minimum Gasteiger partial charge on any atom is -0.478 e. The Morgan fingerprint density at radius 2 is 1.72 bits per heavy atom. The lowest BCUT2D eigenvalue weighted by molar-refractivity contribution is 0.0697. The third-order valence-electron chi connectivity index (χ3n) is 2.69. The van der Waals surface area contributed by atoms with Crippen LogP contribution in [0.5, 0.6) is 0 Å². The molecule has 0 radical (unpaired) electrons. The van der Waals surface area contributed by atoms with Crippen LogP contribution in [-0.4, -0.2) is 21.0 Å². The van der Waals surface area contributed by atoms with E-state index in [9.17, 15) is 4.79 Å². The minimum atomic E-state index is -0.890. The van der Waals surface area contributed by atoms with Gasteiger partial charge >= 0.3 is 5.97 Å². The number of nitrogens with zero attached hydrogens (tertiary/aromatic N) is 2. The molecule has 0 aliphatic carbocycles. The van der Waals surface area contributed by atoms with Crippen LogP contribution in [0.15, 0.2) is 42.7 Å². The number of aromatic carboxylic acids is 1. The zero-order valence-electron chi connectivity index (χ0n) is 9.91. The molecule has 0 spiro atoms. The first-order chi connectivity index (χ1) is 8.75. The molecule has 4 heteroatoms. The number of carboxylic acid groups (broad SMARTS) is 1. The van der Waals surface area contributed by atoms with Crippen LogP contribution in [0.2, 0.25) is 0 Å². The fraction of sp³-hybridized carbons (Fsp3) is 0.214. The van der Waals surface area contributed by atoms with Crippen molar-refractivity contribution in [2.45, 2.75) is 19.3 Å². The second kappa shape index (κ2) is 5.91. The topological polar surface area (TPSA) is 63.1 Å². The average Bonchev–Trinajstić information content (AvgIpc) is 2.40. The lowest BCUT2D eigenvalue weighted by Gasteiger charge is -2.02. The number of aromatic nitrogens is 2. The highest BCUT2D eigenvalue weighted by Gasteiger charge is 2.02. The molecule has 0 fully saturated rings. The first kappa shape index (κ1) is 12.2. The van der Waals surface area contributed by atoms with E-state index in [1.165, 1.54) is 0 Å². The Labute approximate surface area is 105 Å². The predicted octanol–water partition coefficient (Wildman–Crippen LogP) is 2.35. The fourth-order valence-corrected chi connectivity index (χ4v) is 1.72. The molecular weight excluding hydrogens is 228 g/mol. The molecule has 92 valence electrons. The summed E-state index contributed by atoms with van der Waals surface area (Å²) in [5.74, 6) is -0.0427. The van der Waals surface area contributed by atoms with Crippen molar-refractivity contribution < 1.29 is 9.90 Å². The highest BCUT2D eigenvalue weighted by Crippen LogP contribution is 2.08. The molecule has 1 aromatic carbocycles. The number of carboxylic acids is 1. The van der Waals surface area contributed by atoms with Crippen LogP contribution >= 0.6 is 0 Å². The van der Waals surface area contributed by atoms with E-state index >= 15 is 0 Å². The molecule has 1 heterocycles. The summed E-state index contributed by atoms with van der Waals surface area (Å²) in [6.45, 7) is 0. The molecule has 1 aromatic heterocycles. The van der Waals surface area contributed by atoms with E-state index in [1.54, 1.807) is 30.6 Å². The van der Waals surface area contributed by atoms with Gasteiger partial charge in [0, 0.05) is 18.8 Å². The smallest absolute Gasteiger partial charge is 0.335 e. The maximum atomic E-state index is 10.7. The summed E-state index contributed by atoms with van der Waals surface area (Å²) in [6.07, 6.45) is 6.17. The third kappa shape index (κ3) is 3.38. The van der Waals surface area contributed by atoms with Gasteiger partial charge in [-0.2, -0.15) is 0 Å². The molecule has 0 atom stereocenters. The van der Waals surface area contributed by atoms with Gasteiger partial charge in [0.05, 0.1) is 5.56 Å². The molecule has 2 rings (SSSR count). The van der Waals surface area contributed by atoms with Gasteiger partial charge in [-0.1, -0.05) is 12.1 Å². The summed E-state index contributed by atoms with van der Waals surface area (Å²) < 4.78 is 0. The number of aryl methyl sites for hydroxylation is 2. The van der Waals surface area contributed by atoms with E-state index < -0.39 is 5.97 Å². The van der Waals surface area contributed by atoms with Crippen LogP contribution in [0.25, 0.3) is 0 Å². The van der Waals surface area contributed by atoms with Crippen molar-refractivity contribution in [3.8, 4) is 0 Å². The van der Waals surface area contributed by atoms with Gasteiger partial charge in [-0.3, -0.25) is 0 Å². The first-order valence-electron chi connectivity index (χ1n) is 5.84. The molecule has 0 aliphatic rings. The Hall–Kier alpha value is -2.23. The van der Waals surface area contributed by atoms with E-state index in [2.05, 4.69) is 9.97 Å². The second-order valence-corrected chi connectivity index (χ2v) is 4.02. The average molecular weight is 242 g/mol. The van der Waals surface area contributed by atoms with Crippen molar-refractivity contribution >= 4 is 5.97 Å². The molecular formula is C14H14N2O2. The molecule has 4 nitrogen and oxygen atoms in total. The number of rotatable bonds is 5. The SMILES string of the molecule is O=C(O)c1ccc(CCCc2ncccn2)cc1. The maximum Gasteiger partial charge on any atom is 0.335 e. The lowest BCUT2D eigenvalue weighted by atomic mass is 10.1. The van der Waals surface area contributed by atoms with Gasteiger partial charge in [0.1, 0.15) is 5.82 Å². The van der Waals surface area contributed by atoms with Gasteiger partial charge in [-0.25, -0.2) is 14.8 Å². The number of hydrogen-bond acceptors (Lipinski definition) is 3. The maximum absolute atomic E-state index is 10.7. The van der Waals surface area contributed by atoms with Crippen LogP contribution in [0.4, 0.5) is 0 Å². The van der Waals surface area contributed by atoms with E-state index in [-0.39, 0.29) is 0 Å². The second-order valence-electron chi connectivity index (χ2n) is 4.02. The summed E-state index contributed by atoms with van der Waals surface area (Å²) in [6, 6.07) is 8.78. The Kier molecular flexibility index (Phi) is 4.02. The quantitative estimate of drug-likeness (QED) is 0.874. The highest BCUT2D eigenvalue weighted by atomic mass is 16.4. The van der Waals surface area contributed by atoms with E-state index in [0.29, 0.717) is 5.56 Å². The minimum absolute atomic E-state index is 0.324. The predicted molar refractivity (Wildman–Crippen MR) is 67.5 cm³/mol. The van der Waals surface area contributed by atoms with E-state index in [0.717, 1.165) is 30.7 Å². The Morgan fingerprint density at radius 1 is 1.06 bits per heavy atom. The van der Waals surface area contributed by atoms with Crippen molar-refractivity contribution in [1.29, 1.82) is 0 Å². The molecule has 0 amide bonds. The van der Waals surface area contributed by atoms with Gasteiger partial charge in [0.2, 0.25) is 0 Å². The van der Waals surface area contributed by atoms with Crippen molar-refractivity contribution in [1.82, 2.24) is 9.97 Å². The zero-order valence-corrected chi connectivity index (χ0v) is 9.91. The Bertz CT molecular complexity index is 509. The molecule has 0 unspecified atom stereocenters. The zero-order chi connectivity index (χ0) is 12.8. The molecule has 18 heavy (non-hydrogen) atoms. The molecule has 0 bridgehead atoms. The molecule has 0 aliphatic heterocycles. The summed E-state index contributed by atoms with van der Waals surface area (Å²) in [7, 11) is 0. The largest absolute Gasteiger partial charge is 0.478 e. The standard InChI is InChI=1S/C14H14N2O2/c17-14(18)12-7-5-11(6-8-12)3-1-4-13-15-9-2-10-16-13/h2,5-10H,1,3-4H2,(H,17,18). The van der Waals surface area contributed by atoms with Crippen molar-refractivity contribution in [3.05, 3.63) is 59.7 Å².